The van der Waals surface area contributed by atoms with Crippen molar-refractivity contribution in [3.8, 4) is 0 Å². The third-order valence-corrected chi connectivity index (χ3v) is 3.70. The third-order valence-electron chi connectivity index (χ3n) is 3.70. The number of carbonyl (C=O) groups excluding carboxylic acids is 1. The van der Waals surface area contributed by atoms with Crippen molar-refractivity contribution in [1.29, 1.82) is 0 Å². The zero-order valence-corrected chi connectivity index (χ0v) is 12.6. The smallest absolute Gasteiger partial charge is 0.225 e. The van der Waals surface area contributed by atoms with Crippen LogP contribution in [-0.2, 0) is 11.2 Å². The number of hydrogen-bond donors (Lipinski definition) is 1. The highest BCUT2D eigenvalue weighted by atomic mass is 16.2. The Kier molecular flexibility index (Phi) is 6.03. The maximum Gasteiger partial charge on any atom is 0.225 e. The van der Waals surface area contributed by atoms with Crippen LogP contribution in [0.4, 0.5) is 0 Å². The summed E-state index contributed by atoms with van der Waals surface area (Å²) in [4.78, 5) is 13.9. The molecule has 0 spiro atoms. The summed E-state index contributed by atoms with van der Waals surface area (Å²) >= 11 is 0. The molecule has 1 aromatic carbocycles. The fourth-order valence-electron chi connectivity index (χ4n) is 2.12. The maximum atomic E-state index is 12.0. The van der Waals surface area contributed by atoms with Crippen molar-refractivity contribution in [2.75, 3.05) is 20.1 Å². The molecule has 1 atom stereocenters. The second-order valence-electron chi connectivity index (χ2n) is 5.41. The van der Waals surface area contributed by atoms with E-state index in [4.69, 9.17) is 5.73 Å². The largest absolute Gasteiger partial charge is 0.345 e. The maximum absolute atomic E-state index is 12.0. The van der Waals surface area contributed by atoms with E-state index in [0.717, 1.165) is 19.4 Å². The molecule has 0 saturated heterocycles. The number of hydrogen-bond acceptors (Lipinski definition) is 2. The molecule has 3 heteroatoms. The minimum absolute atomic E-state index is 0.0229. The van der Waals surface area contributed by atoms with Crippen molar-refractivity contribution in [3.05, 3.63) is 34.9 Å². The van der Waals surface area contributed by atoms with Crippen molar-refractivity contribution in [1.82, 2.24) is 4.90 Å². The van der Waals surface area contributed by atoms with Crippen molar-refractivity contribution >= 4 is 5.91 Å². The zero-order chi connectivity index (χ0) is 14.4. The molecule has 1 aromatic rings. The Labute approximate surface area is 116 Å². The van der Waals surface area contributed by atoms with E-state index >= 15 is 0 Å². The molecule has 0 aliphatic heterocycles. The lowest BCUT2D eigenvalue weighted by Crippen LogP contribution is -2.34. The van der Waals surface area contributed by atoms with Gasteiger partial charge in [-0.3, -0.25) is 4.79 Å². The van der Waals surface area contributed by atoms with Gasteiger partial charge < -0.3 is 10.6 Å². The summed E-state index contributed by atoms with van der Waals surface area (Å²) in [6.45, 7) is 7.51. The van der Waals surface area contributed by atoms with Crippen molar-refractivity contribution in [2.24, 2.45) is 11.7 Å². The summed E-state index contributed by atoms with van der Waals surface area (Å²) < 4.78 is 0. The number of rotatable bonds is 6. The minimum Gasteiger partial charge on any atom is -0.345 e. The predicted octanol–water partition coefficient (Wildman–Crippen LogP) is 2.29. The van der Waals surface area contributed by atoms with E-state index in [-0.39, 0.29) is 11.8 Å². The number of likely N-dealkylation sites (N-methyl/N-ethyl adjacent to an activating group) is 1. The van der Waals surface area contributed by atoms with E-state index in [9.17, 15) is 4.79 Å². The lowest BCUT2D eigenvalue weighted by atomic mass is 10.0. The Morgan fingerprint density at radius 3 is 2.58 bits per heavy atom. The standard InChI is InChI=1S/C16H26N2O/c1-12-5-6-15(11-14(12)3)8-10-18(4)16(19)13(2)7-9-17/h5-6,11,13H,7-10,17H2,1-4H3. The third kappa shape index (κ3) is 4.67. The van der Waals surface area contributed by atoms with E-state index in [2.05, 4.69) is 32.0 Å². The quantitative estimate of drug-likeness (QED) is 0.855. The number of aryl methyl sites for hydroxylation is 2. The molecule has 2 N–H and O–H groups in total. The number of benzene rings is 1. The van der Waals surface area contributed by atoms with Gasteiger partial charge >= 0.3 is 0 Å². The second kappa shape index (κ2) is 7.29. The molecule has 106 valence electrons. The van der Waals surface area contributed by atoms with Crippen LogP contribution in [0.3, 0.4) is 0 Å². The average molecular weight is 262 g/mol. The Hall–Kier alpha value is -1.35. The number of carbonyl (C=O) groups is 1. The molecule has 0 aliphatic rings. The van der Waals surface area contributed by atoms with Crippen LogP contribution in [0.15, 0.2) is 18.2 Å². The van der Waals surface area contributed by atoms with Crippen LogP contribution >= 0.6 is 0 Å². The minimum atomic E-state index is 0.0229. The highest BCUT2D eigenvalue weighted by Crippen LogP contribution is 2.11. The Balaban J connectivity index is 2.51. The van der Waals surface area contributed by atoms with Crippen LogP contribution in [0.25, 0.3) is 0 Å². The molecule has 0 radical (unpaired) electrons. The Morgan fingerprint density at radius 2 is 2.00 bits per heavy atom. The van der Waals surface area contributed by atoms with Crippen molar-refractivity contribution in [2.45, 2.75) is 33.6 Å². The molecule has 0 fully saturated rings. The van der Waals surface area contributed by atoms with Gasteiger partial charge in [0.2, 0.25) is 5.91 Å². The van der Waals surface area contributed by atoms with Gasteiger partial charge in [-0.25, -0.2) is 0 Å². The van der Waals surface area contributed by atoms with Gasteiger partial charge in [0.25, 0.3) is 0 Å². The van der Waals surface area contributed by atoms with Gasteiger partial charge in [-0.05, 0) is 49.9 Å². The Bertz CT molecular complexity index is 429. The van der Waals surface area contributed by atoms with E-state index in [1.165, 1.54) is 16.7 Å². The summed E-state index contributed by atoms with van der Waals surface area (Å²) in [6.07, 6.45) is 1.66. The lowest BCUT2D eigenvalue weighted by molar-refractivity contribution is -0.133. The Morgan fingerprint density at radius 1 is 1.32 bits per heavy atom. The second-order valence-corrected chi connectivity index (χ2v) is 5.41. The molecule has 3 nitrogen and oxygen atoms in total. The van der Waals surface area contributed by atoms with Crippen LogP contribution < -0.4 is 5.73 Å². The first-order chi connectivity index (χ1) is 8.95. The first-order valence-corrected chi connectivity index (χ1v) is 6.97. The summed E-state index contributed by atoms with van der Waals surface area (Å²) in [5.41, 5.74) is 9.40. The normalized spacial score (nSPS) is 12.3. The first-order valence-electron chi connectivity index (χ1n) is 6.97. The molecular weight excluding hydrogens is 236 g/mol. The SMILES string of the molecule is Cc1ccc(CCN(C)C(=O)C(C)CCN)cc1C. The van der Waals surface area contributed by atoms with Gasteiger partial charge in [-0.2, -0.15) is 0 Å². The molecule has 0 aromatic heterocycles. The van der Waals surface area contributed by atoms with Gasteiger partial charge in [0.1, 0.15) is 0 Å². The highest BCUT2D eigenvalue weighted by molar-refractivity contribution is 5.78. The molecule has 1 rings (SSSR count). The molecule has 1 amide bonds. The fourth-order valence-corrected chi connectivity index (χ4v) is 2.12. The van der Waals surface area contributed by atoms with Crippen LogP contribution in [0, 0.1) is 19.8 Å². The van der Waals surface area contributed by atoms with Gasteiger partial charge in [-0.15, -0.1) is 0 Å². The lowest BCUT2D eigenvalue weighted by Gasteiger charge is -2.21. The number of amides is 1. The van der Waals surface area contributed by atoms with Gasteiger partial charge in [0.15, 0.2) is 0 Å². The fraction of sp³-hybridized carbons (Fsp3) is 0.562. The van der Waals surface area contributed by atoms with E-state index in [1.54, 1.807) is 0 Å². The number of nitrogens with zero attached hydrogens (tertiary/aromatic N) is 1. The van der Waals surface area contributed by atoms with Crippen LogP contribution in [0.2, 0.25) is 0 Å². The monoisotopic (exact) mass is 262 g/mol. The summed E-state index contributed by atoms with van der Waals surface area (Å²) in [5.74, 6) is 0.212. The zero-order valence-electron chi connectivity index (χ0n) is 12.6. The summed E-state index contributed by atoms with van der Waals surface area (Å²) in [6, 6.07) is 6.49. The summed E-state index contributed by atoms with van der Waals surface area (Å²) in [7, 11) is 1.87. The van der Waals surface area contributed by atoms with Crippen LogP contribution in [-0.4, -0.2) is 30.9 Å². The first kappa shape index (κ1) is 15.7. The predicted molar refractivity (Wildman–Crippen MR) is 80.1 cm³/mol. The molecular formula is C16H26N2O. The topological polar surface area (TPSA) is 46.3 Å². The van der Waals surface area contributed by atoms with E-state index < -0.39 is 0 Å². The van der Waals surface area contributed by atoms with Crippen molar-refractivity contribution < 1.29 is 4.79 Å². The van der Waals surface area contributed by atoms with Gasteiger partial charge in [-0.1, -0.05) is 25.1 Å². The molecule has 19 heavy (non-hydrogen) atoms. The number of nitrogens with two attached hydrogens (primary N) is 1. The average Bonchev–Trinajstić information content (AvgIpc) is 2.39. The van der Waals surface area contributed by atoms with Crippen LogP contribution in [0.1, 0.15) is 30.0 Å². The molecule has 0 saturated carbocycles. The van der Waals surface area contributed by atoms with E-state index in [0.29, 0.717) is 6.54 Å². The van der Waals surface area contributed by atoms with Gasteiger partial charge in [0.05, 0.1) is 0 Å². The van der Waals surface area contributed by atoms with Crippen molar-refractivity contribution in [3.63, 3.8) is 0 Å². The highest BCUT2D eigenvalue weighted by Gasteiger charge is 2.16. The van der Waals surface area contributed by atoms with Crippen LogP contribution in [0.5, 0.6) is 0 Å². The molecule has 1 unspecified atom stereocenters. The molecule has 0 aliphatic carbocycles. The van der Waals surface area contributed by atoms with E-state index in [1.807, 2.05) is 18.9 Å². The molecule has 0 heterocycles. The molecule has 0 bridgehead atoms. The summed E-state index contributed by atoms with van der Waals surface area (Å²) in [5, 5.41) is 0. The van der Waals surface area contributed by atoms with Gasteiger partial charge in [0, 0.05) is 19.5 Å².